The third-order valence-electron chi connectivity index (χ3n) is 6.60. The van der Waals surface area contributed by atoms with Gasteiger partial charge in [-0.3, -0.25) is 9.36 Å². The fraction of sp³-hybridized carbons (Fsp3) is 0.219. The quantitative estimate of drug-likeness (QED) is 0.167. The van der Waals surface area contributed by atoms with Crippen molar-refractivity contribution in [3.8, 4) is 17.2 Å². The van der Waals surface area contributed by atoms with Crippen LogP contribution in [0.5, 0.6) is 17.2 Å². The molecular weight excluding hydrogens is 611 g/mol. The predicted octanol–water partition coefficient (Wildman–Crippen LogP) is 5.57. The van der Waals surface area contributed by atoms with Crippen molar-refractivity contribution in [3.05, 3.63) is 119 Å². The minimum atomic E-state index is -0.703. The maximum absolute atomic E-state index is 14.0. The molecule has 0 spiro atoms. The van der Waals surface area contributed by atoms with Crippen LogP contribution >= 0.6 is 34.5 Å². The predicted molar refractivity (Wildman–Crippen MR) is 167 cm³/mol. The maximum atomic E-state index is 14.0. The van der Waals surface area contributed by atoms with E-state index in [4.69, 9.17) is 42.1 Å². The van der Waals surface area contributed by atoms with E-state index in [9.17, 15) is 9.59 Å². The molecule has 5 rings (SSSR count). The van der Waals surface area contributed by atoms with Gasteiger partial charge in [-0.25, -0.2) is 9.79 Å². The fourth-order valence-corrected chi connectivity index (χ4v) is 6.32. The Labute approximate surface area is 262 Å². The number of methoxy groups -OCH3 is 1. The first-order valence-corrected chi connectivity index (χ1v) is 15.0. The number of benzene rings is 3. The van der Waals surface area contributed by atoms with E-state index in [2.05, 4.69) is 4.99 Å². The molecule has 1 aromatic heterocycles. The number of hydrogen-bond donors (Lipinski definition) is 0. The fourth-order valence-electron chi connectivity index (χ4n) is 4.72. The topological polar surface area (TPSA) is 88.4 Å². The number of carbonyl (C=O) groups excluding carboxylic acids is 1. The van der Waals surface area contributed by atoms with E-state index in [0.717, 1.165) is 5.56 Å². The zero-order chi connectivity index (χ0) is 30.5. The number of carbonyl (C=O) groups is 1. The van der Waals surface area contributed by atoms with E-state index in [-0.39, 0.29) is 30.4 Å². The minimum absolute atomic E-state index is 0.177. The van der Waals surface area contributed by atoms with E-state index in [1.807, 2.05) is 48.5 Å². The summed E-state index contributed by atoms with van der Waals surface area (Å²) in [7, 11) is 1.59. The minimum Gasteiger partial charge on any atom is -0.497 e. The van der Waals surface area contributed by atoms with E-state index in [1.165, 1.54) is 15.9 Å². The molecule has 0 saturated heterocycles. The van der Waals surface area contributed by atoms with Gasteiger partial charge in [0.2, 0.25) is 0 Å². The molecule has 3 aromatic carbocycles. The molecule has 43 heavy (non-hydrogen) atoms. The number of fused-ring (bicyclic) bond motifs is 1. The van der Waals surface area contributed by atoms with Crippen molar-refractivity contribution >= 4 is 46.6 Å². The molecule has 11 heteroatoms. The standard InChI is InChI=1S/C32H28Cl2N2O6S/c1-4-40-31(38)27-19(2)35-32-36(28(27)20-9-6-5-7-10-20)30(37)26(43-32)16-21-15-22(33)17-25(34)29(21)42-14-13-41-24-12-8-11-23(18-24)39-3/h5-12,15-18,28H,4,13-14H2,1-3H3/b26-16+/t28-/m1/s1. The molecule has 4 aromatic rings. The van der Waals surface area contributed by atoms with Gasteiger partial charge in [-0.2, -0.15) is 0 Å². The summed E-state index contributed by atoms with van der Waals surface area (Å²) in [4.78, 5) is 32.1. The van der Waals surface area contributed by atoms with Crippen LogP contribution in [0.3, 0.4) is 0 Å². The van der Waals surface area contributed by atoms with Gasteiger partial charge < -0.3 is 18.9 Å². The lowest BCUT2D eigenvalue weighted by molar-refractivity contribution is -0.139. The van der Waals surface area contributed by atoms with Crippen LogP contribution in [0.4, 0.5) is 0 Å². The number of nitrogens with zero attached hydrogens (tertiary/aromatic N) is 2. The van der Waals surface area contributed by atoms with Crippen molar-refractivity contribution in [1.29, 1.82) is 0 Å². The van der Waals surface area contributed by atoms with Crippen LogP contribution in [-0.2, 0) is 9.53 Å². The smallest absolute Gasteiger partial charge is 0.338 e. The van der Waals surface area contributed by atoms with Gasteiger partial charge in [-0.05, 0) is 49.8 Å². The van der Waals surface area contributed by atoms with Crippen LogP contribution in [0.1, 0.15) is 31.0 Å². The largest absolute Gasteiger partial charge is 0.497 e. The Kier molecular flexibility index (Phi) is 9.55. The van der Waals surface area contributed by atoms with Crippen LogP contribution < -0.4 is 29.1 Å². The summed E-state index contributed by atoms with van der Waals surface area (Å²) in [6, 6.07) is 19.1. The number of halogens is 2. The van der Waals surface area contributed by atoms with E-state index >= 15 is 0 Å². The lowest BCUT2D eigenvalue weighted by Crippen LogP contribution is -2.39. The molecule has 0 amide bonds. The van der Waals surface area contributed by atoms with Crippen LogP contribution in [0.2, 0.25) is 10.0 Å². The van der Waals surface area contributed by atoms with Gasteiger partial charge in [0.1, 0.15) is 30.5 Å². The summed E-state index contributed by atoms with van der Waals surface area (Å²) in [5, 5.41) is 0.669. The SMILES string of the molecule is CCOC(=O)C1=C(C)N=c2s/c(=C/c3cc(Cl)cc(Cl)c3OCCOc3cccc(OC)c3)c(=O)n2[C@@H]1c1ccccc1. The number of esters is 1. The highest BCUT2D eigenvalue weighted by atomic mass is 35.5. The monoisotopic (exact) mass is 638 g/mol. The highest BCUT2D eigenvalue weighted by Crippen LogP contribution is 2.34. The Morgan fingerprint density at radius 3 is 2.51 bits per heavy atom. The molecule has 8 nitrogen and oxygen atoms in total. The molecule has 0 bridgehead atoms. The molecule has 0 saturated carbocycles. The molecule has 2 heterocycles. The molecule has 1 aliphatic rings. The van der Waals surface area contributed by atoms with Crippen LogP contribution in [0.15, 0.2) is 87.8 Å². The first-order valence-electron chi connectivity index (χ1n) is 13.4. The third kappa shape index (κ3) is 6.64. The average Bonchev–Trinajstić information content (AvgIpc) is 3.29. The average molecular weight is 640 g/mol. The van der Waals surface area contributed by atoms with Crippen molar-refractivity contribution in [2.24, 2.45) is 4.99 Å². The second kappa shape index (κ2) is 13.5. The number of rotatable bonds is 10. The highest BCUT2D eigenvalue weighted by molar-refractivity contribution is 7.07. The lowest BCUT2D eigenvalue weighted by Gasteiger charge is -2.24. The van der Waals surface area contributed by atoms with Crippen molar-refractivity contribution in [3.63, 3.8) is 0 Å². The van der Waals surface area contributed by atoms with E-state index < -0.39 is 12.0 Å². The van der Waals surface area contributed by atoms with E-state index in [0.29, 0.717) is 48.4 Å². The molecule has 1 aliphatic heterocycles. The Morgan fingerprint density at radius 1 is 1.02 bits per heavy atom. The second-order valence-electron chi connectivity index (χ2n) is 9.39. The van der Waals surface area contributed by atoms with Crippen molar-refractivity contribution in [2.75, 3.05) is 26.9 Å². The molecule has 0 fully saturated rings. The number of thiazole rings is 1. The van der Waals surface area contributed by atoms with Crippen molar-refractivity contribution in [1.82, 2.24) is 4.57 Å². The Morgan fingerprint density at radius 2 is 1.77 bits per heavy atom. The molecule has 0 radical (unpaired) electrons. The summed E-state index contributed by atoms with van der Waals surface area (Å²) < 4.78 is 24.3. The van der Waals surface area contributed by atoms with Crippen LogP contribution in [0, 0.1) is 0 Å². The van der Waals surface area contributed by atoms with Gasteiger partial charge in [0.25, 0.3) is 5.56 Å². The number of hydrogen-bond acceptors (Lipinski definition) is 8. The van der Waals surface area contributed by atoms with Gasteiger partial charge in [-0.15, -0.1) is 0 Å². The normalized spacial score (nSPS) is 14.6. The molecule has 222 valence electrons. The zero-order valence-electron chi connectivity index (χ0n) is 23.6. The van der Waals surface area contributed by atoms with Gasteiger partial charge in [0, 0.05) is 16.7 Å². The number of ether oxygens (including phenoxy) is 4. The van der Waals surface area contributed by atoms with Gasteiger partial charge in [0.05, 0.1) is 40.6 Å². The first kappa shape index (κ1) is 30.4. The summed E-state index contributed by atoms with van der Waals surface area (Å²) in [5.41, 5.74) is 1.76. The van der Waals surface area contributed by atoms with Gasteiger partial charge in [0.15, 0.2) is 4.80 Å². The summed E-state index contributed by atoms with van der Waals surface area (Å²) in [6.07, 6.45) is 1.67. The van der Waals surface area contributed by atoms with Crippen LogP contribution in [0.25, 0.3) is 6.08 Å². The van der Waals surface area contributed by atoms with Crippen molar-refractivity contribution in [2.45, 2.75) is 19.9 Å². The Bertz CT molecular complexity index is 1870. The molecule has 0 N–H and O–H groups in total. The summed E-state index contributed by atoms with van der Waals surface area (Å²) in [6.45, 7) is 4.10. The summed E-state index contributed by atoms with van der Waals surface area (Å²) in [5.74, 6) is 1.16. The Hall–Kier alpha value is -4.05. The zero-order valence-corrected chi connectivity index (χ0v) is 26.0. The second-order valence-corrected chi connectivity index (χ2v) is 11.2. The van der Waals surface area contributed by atoms with Gasteiger partial charge >= 0.3 is 5.97 Å². The molecule has 1 atom stereocenters. The first-order chi connectivity index (χ1) is 20.8. The van der Waals surface area contributed by atoms with Crippen LogP contribution in [-0.4, -0.2) is 37.5 Å². The number of aromatic nitrogens is 1. The number of allylic oxidation sites excluding steroid dienone is 1. The molecular formula is C32H28Cl2N2O6S. The molecule has 0 aliphatic carbocycles. The summed E-state index contributed by atoms with van der Waals surface area (Å²) >= 11 is 14.1. The van der Waals surface area contributed by atoms with E-state index in [1.54, 1.807) is 45.2 Å². The highest BCUT2D eigenvalue weighted by Gasteiger charge is 2.33. The third-order valence-corrected chi connectivity index (χ3v) is 8.08. The van der Waals surface area contributed by atoms with Crippen molar-refractivity contribution < 1.29 is 23.7 Å². The Balaban J connectivity index is 1.51. The molecule has 0 unspecified atom stereocenters. The maximum Gasteiger partial charge on any atom is 0.338 e. The van der Waals surface area contributed by atoms with Gasteiger partial charge in [-0.1, -0.05) is 70.9 Å². The lowest BCUT2D eigenvalue weighted by atomic mass is 9.96.